The minimum atomic E-state index is -0.0399. The van der Waals surface area contributed by atoms with Gasteiger partial charge in [-0.05, 0) is 0 Å². The fourth-order valence-electron chi connectivity index (χ4n) is 0.651. The number of hydrogen-bond donors (Lipinski definition) is 0. The Morgan fingerprint density at radius 2 is 1.64 bits per heavy atom. The number of ether oxygens (including phenoxy) is 3. The van der Waals surface area contributed by atoms with Gasteiger partial charge in [-0.3, -0.25) is 4.79 Å². The third kappa shape index (κ3) is 7.97. The number of carbonyl (C=O) groups is 1. The highest BCUT2D eigenvalue weighted by molar-refractivity contribution is 5.76. The summed E-state index contributed by atoms with van der Waals surface area (Å²) in [5, 5.41) is 0. The molecule has 0 saturated heterocycles. The van der Waals surface area contributed by atoms with Crippen molar-refractivity contribution in [2.75, 3.05) is 54.2 Å². The van der Waals surface area contributed by atoms with Crippen LogP contribution in [0.15, 0.2) is 0 Å². The highest BCUT2D eigenvalue weighted by Crippen LogP contribution is 1.83. The normalized spacial score (nSPS) is 10.2. The molecule has 0 heterocycles. The molecule has 5 nitrogen and oxygen atoms in total. The van der Waals surface area contributed by atoms with Crippen molar-refractivity contribution in [1.82, 2.24) is 4.90 Å². The zero-order valence-electron chi connectivity index (χ0n) is 9.12. The predicted molar refractivity (Wildman–Crippen MR) is 52.2 cm³/mol. The molecule has 0 saturated carbocycles. The molecule has 1 amide bonds. The van der Waals surface area contributed by atoms with Gasteiger partial charge in [0, 0.05) is 21.2 Å². The fourth-order valence-corrected chi connectivity index (χ4v) is 0.651. The molecule has 0 fully saturated rings. The molecule has 0 aromatic rings. The largest absolute Gasteiger partial charge is 0.382 e. The van der Waals surface area contributed by atoms with Gasteiger partial charge in [0.15, 0.2) is 0 Å². The topological polar surface area (TPSA) is 48.0 Å². The number of nitrogens with zero attached hydrogens (tertiary/aromatic N) is 1. The van der Waals surface area contributed by atoms with Gasteiger partial charge in [0.25, 0.3) is 0 Å². The Labute approximate surface area is 84.9 Å². The Morgan fingerprint density at radius 3 is 2.21 bits per heavy atom. The molecule has 0 aliphatic carbocycles. The van der Waals surface area contributed by atoms with Crippen LogP contribution in [0, 0.1) is 0 Å². The molecule has 0 atom stereocenters. The molecule has 0 aliphatic rings. The Morgan fingerprint density at radius 1 is 1.07 bits per heavy atom. The van der Waals surface area contributed by atoms with Crippen molar-refractivity contribution in [2.45, 2.75) is 0 Å². The lowest BCUT2D eigenvalue weighted by Crippen LogP contribution is -2.26. The van der Waals surface area contributed by atoms with Crippen LogP contribution >= 0.6 is 0 Å². The Hall–Kier alpha value is -0.650. The van der Waals surface area contributed by atoms with E-state index in [2.05, 4.69) is 0 Å². The zero-order valence-corrected chi connectivity index (χ0v) is 9.12. The van der Waals surface area contributed by atoms with E-state index in [9.17, 15) is 4.79 Å². The van der Waals surface area contributed by atoms with E-state index in [4.69, 9.17) is 14.2 Å². The lowest BCUT2D eigenvalue weighted by Gasteiger charge is -2.10. The number of methoxy groups -OCH3 is 1. The third-order valence-electron chi connectivity index (χ3n) is 1.53. The van der Waals surface area contributed by atoms with Crippen LogP contribution in [0.4, 0.5) is 0 Å². The second-order valence-electron chi connectivity index (χ2n) is 2.95. The standard InChI is InChI=1S/C9H19NO4/c1-10(2)9(11)8-14-7-6-13-5-4-12-3/h4-8H2,1-3H3. The molecule has 0 aromatic heterocycles. The maximum atomic E-state index is 11.0. The van der Waals surface area contributed by atoms with Crippen molar-refractivity contribution in [3.63, 3.8) is 0 Å². The van der Waals surface area contributed by atoms with Gasteiger partial charge in [-0.25, -0.2) is 0 Å². The number of hydrogen-bond acceptors (Lipinski definition) is 4. The van der Waals surface area contributed by atoms with Crippen molar-refractivity contribution in [1.29, 1.82) is 0 Å². The zero-order chi connectivity index (χ0) is 10.8. The average molecular weight is 205 g/mol. The summed E-state index contributed by atoms with van der Waals surface area (Å²) in [6, 6.07) is 0. The van der Waals surface area contributed by atoms with Gasteiger partial charge in [-0.2, -0.15) is 0 Å². The van der Waals surface area contributed by atoms with E-state index in [1.807, 2.05) is 0 Å². The molecule has 84 valence electrons. The number of rotatable bonds is 8. The fraction of sp³-hybridized carbons (Fsp3) is 0.889. The van der Waals surface area contributed by atoms with Crippen molar-refractivity contribution in [2.24, 2.45) is 0 Å². The Kier molecular flexibility index (Phi) is 8.51. The minimum absolute atomic E-state index is 0.0399. The molecule has 0 rings (SSSR count). The van der Waals surface area contributed by atoms with E-state index < -0.39 is 0 Å². The maximum absolute atomic E-state index is 11.0. The van der Waals surface area contributed by atoms with E-state index in [0.29, 0.717) is 26.4 Å². The van der Waals surface area contributed by atoms with Gasteiger partial charge >= 0.3 is 0 Å². The van der Waals surface area contributed by atoms with Crippen LogP contribution in [0.5, 0.6) is 0 Å². The van der Waals surface area contributed by atoms with Gasteiger partial charge in [-0.15, -0.1) is 0 Å². The van der Waals surface area contributed by atoms with Crippen LogP contribution in [0.1, 0.15) is 0 Å². The van der Waals surface area contributed by atoms with E-state index in [0.717, 1.165) is 0 Å². The SMILES string of the molecule is COCCOCCOCC(=O)N(C)C. The molecule has 0 N–H and O–H groups in total. The summed E-state index contributed by atoms with van der Waals surface area (Å²) in [5.41, 5.74) is 0. The maximum Gasteiger partial charge on any atom is 0.248 e. The van der Waals surface area contributed by atoms with Crippen LogP contribution in [-0.4, -0.2) is 65.0 Å². The van der Waals surface area contributed by atoms with E-state index in [1.54, 1.807) is 21.2 Å². The molecule has 0 aliphatic heterocycles. The lowest BCUT2D eigenvalue weighted by molar-refractivity contribution is -0.134. The van der Waals surface area contributed by atoms with Gasteiger partial charge in [-0.1, -0.05) is 0 Å². The van der Waals surface area contributed by atoms with Gasteiger partial charge in [0.05, 0.1) is 26.4 Å². The summed E-state index contributed by atoms with van der Waals surface area (Å²) in [4.78, 5) is 12.5. The summed E-state index contributed by atoms with van der Waals surface area (Å²) in [6.07, 6.45) is 0. The Bertz CT molecular complexity index is 150. The molecule has 0 spiro atoms. The smallest absolute Gasteiger partial charge is 0.248 e. The molecule has 14 heavy (non-hydrogen) atoms. The van der Waals surface area contributed by atoms with E-state index >= 15 is 0 Å². The molecule has 0 radical (unpaired) electrons. The highest BCUT2D eigenvalue weighted by atomic mass is 16.5. The first-order chi connectivity index (χ1) is 6.68. The number of amides is 1. The second-order valence-corrected chi connectivity index (χ2v) is 2.95. The van der Waals surface area contributed by atoms with Crippen molar-refractivity contribution < 1.29 is 19.0 Å². The van der Waals surface area contributed by atoms with Crippen LogP contribution in [0.25, 0.3) is 0 Å². The second kappa shape index (κ2) is 8.93. The van der Waals surface area contributed by atoms with Crippen molar-refractivity contribution in [3.8, 4) is 0 Å². The third-order valence-corrected chi connectivity index (χ3v) is 1.53. The summed E-state index contributed by atoms with van der Waals surface area (Å²) in [7, 11) is 5.01. The summed E-state index contributed by atoms with van der Waals surface area (Å²) in [5.74, 6) is -0.0399. The van der Waals surface area contributed by atoms with E-state index in [1.165, 1.54) is 4.90 Å². The average Bonchev–Trinajstić information content (AvgIpc) is 2.16. The van der Waals surface area contributed by atoms with Crippen LogP contribution < -0.4 is 0 Å². The Balaban J connectivity index is 3.10. The van der Waals surface area contributed by atoms with Crippen LogP contribution in [0.2, 0.25) is 0 Å². The van der Waals surface area contributed by atoms with Crippen LogP contribution in [0.3, 0.4) is 0 Å². The van der Waals surface area contributed by atoms with Gasteiger partial charge in [0.1, 0.15) is 6.61 Å². The number of carbonyl (C=O) groups excluding carboxylic acids is 1. The lowest BCUT2D eigenvalue weighted by atomic mass is 10.6. The molecule has 5 heteroatoms. The molecular formula is C9H19NO4. The summed E-state index contributed by atoms with van der Waals surface area (Å²) < 4.78 is 15.0. The van der Waals surface area contributed by atoms with Crippen molar-refractivity contribution in [3.05, 3.63) is 0 Å². The minimum Gasteiger partial charge on any atom is -0.382 e. The van der Waals surface area contributed by atoms with Gasteiger partial charge < -0.3 is 19.1 Å². The first-order valence-corrected chi connectivity index (χ1v) is 4.53. The highest BCUT2D eigenvalue weighted by Gasteiger charge is 2.02. The predicted octanol–water partition coefficient (Wildman–Crippen LogP) is -0.246. The monoisotopic (exact) mass is 205 g/mol. The molecular weight excluding hydrogens is 186 g/mol. The van der Waals surface area contributed by atoms with Crippen molar-refractivity contribution >= 4 is 5.91 Å². The molecule has 0 bridgehead atoms. The summed E-state index contributed by atoms with van der Waals surface area (Å²) in [6.45, 7) is 2.17. The van der Waals surface area contributed by atoms with Crippen LogP contribution in [-0.2, 0) is 19.0 Å². The number of likely N-dealkylation sites (N-methyl/N-ethyl adjacent to an activating group) is 1. The van der Waals surface area contributed by atoms with E-state index in [-0.39, 0.29) is 12.5 Å². The summed E-state index contributed by atoms with van der Waals surface area (Å²) >= 11 is 0. The first kappa shape index (κ1) is 13.4. The van der Waals surface area contributed by atoms with Gasteiger partial charge in [0.2, 0.25) is 5.91 Å². The molecule has 0 unspecified atom stereocenters. The molecule has 0 aromatic carbocycles. The first-order valence-electron chi connectivity index (χ1n) is 4.53. The quantitative estimate of drug-likeness (QED) is 0.513.